The number of hydrogen-bond donors (Lipinski definition) is 1. The maximum atomic E-state index is 6.49. The average Bonchev–Trinajstić information content (AvgIpc) is 3.27. The third-order valence-corrected chi connectivity index (χ3v) is 6.70. The van der Waals surface area contributed by atoms with Crippen molar-refractivity contribution in [3.8, 4) is 22.4 Å². The standard InChI is InChI=1S/C30H23ClN4/c1-35-16-15-21-14-13-20(17-27(21)35)19-32-24-10-5-9-23(18-24)28-25-11-6-12-26(31)30(25)34-33-29(28)22-7-3-2-4-8-22/h2-18,32H,19H2,1H3. The zero-order chi connectivity index (χ0) is 23.8. The number of aromatic nitrogens is 3. The summed E-state index contributed by atoms with van der Waals surface area (Å²) >= 11 is 6.49. The lowest BCUT2D eigenvalue weighted by atomic mass is 9.95. The van der Waals surface area contributed by atoms with Crippen molar-refractivity contribution in [1.82, 2.24) is 14.8 Å². The van der Waals surface area contributed by atoms with Gasteiger partial charge in [-0.1, -0.05) is 78.3 Å². The molecule has 5 heteroatoms. The second-order valence-corrected chi connectivity index (χ2v) is 9.09. The average molecular weight is 475 g/mol. The first-order chi connectivity index (χ1) is 17.2. The van der Waals surface area contributed by atoms with Gasteiger partial charge in [0, 0.05) is 47.5 Å². The van der Waals surface area contributed by atoms with E-state index >= 15 is 0 Å². The molecule has 6 rings (SSSR count). The predicted molar refractivity (Wildman–Crippen MR) is 146 cm³/mol. The van der Waals surface area contributed by atoms with Crippen LogP contribution in [0, 0.1) is 0 Å². The van der Waals surface area contributed by atoms with Crippen molar-refractivity contribution >= 4 is 39.1 Å². The monoisotopic (exact) mass is 474 g/mol. The molecule has 2 heterocycles. The first-order valence-corrected chi connectivity index (χ1v) is 11.9. The molecule has 0 aliphatic rings. The first kappa shape index (κ1) is 21.4. The highest BCUT2D eigenvalue weighted by Gasteiger charge is 2.16. The Hall–Kier alpha value is -4.15. The molecule has 6 aromatic rings. The quantitative estimate of drug-likeness (QED) is 0.278. The van der Waals surface area contributed by atoms with Gasteiger partial charge in [-0.05, 0) is 46.8 Å². The number of nitrogens with one attached hydrogen (secondary N) is 1. The van der Waals surface area contributed by atoms with Gasteiger partial charge < -0.3 is 9.88 Å². The molecule has 1 N–H and O–H groups in total. The van der Waals surface area contributed by atoms with Gasteiger partial charge in [0.1, 0.15) is 11.2 Å². The van der Waals surface area contributed by atoms with Gasteiger partial charge in [-0.15, -0.1) is 10.2 Å². The van der Waals surface area contributed by atoms with Crippen molar-refractivity contribution in [3.05, 3.63) is 114 Å². The Labute approximate surface area is 208 Å². The predicted octanol–water partition coefficient (Wildman–Crippen LogP) is 7.72. The van der Waals surface area contributed by atoms with Gasteiger partial charge in [0.05, 0.1) is 5.02 Å². The van der Waals surface area contributed by atoms with Crippen LogP contribution in [0.1, 0.15) is 5.56 Å². The van der Waals surface area contributed by atoms with Crippen LogP contribution < -0.4 is 5.32 Å². The number of hydrogen-bond acceptors (Lipinski definition) is 3. The zero-order valence-corrected chi connectivity index (χ0v) is 20.0. The van der Waals surface area contributed by atoms with E-state index in [1.54, 1.807) is 0 Å². The highest BCUT2D eigenvalue weighted by atomic mass is 35.5. The van der Waals surface area contributed by atoms with Crippen LogP contribution in [0.15, 0.2) is 103 Å². The molecular formula is C30H23ClN4. The second kappa shape index (κ2) is 8.90. The summed E-state index contributed by atoms with van der Waals surface area (Å²) in [5, 5.41) is 15.5. The smallest absolute Gasteiger partial charge is 0.112 e. The van der Waals surface area contributed by atoms with E-state index in [-0.39, 0.29) is 0 Å². The summed E-state index contributed by atoms with van der Waals surface area (Å²) in [6, 6.07) is 33.2. The van der Waals surface area contributed by atoms with E-state index in [9.17, 15) is 0 Å². The molecule has 0 saturated carbocycles. The lowest BCUT2D eigenvalue weighted by Gasteiger charge is -2.14. The Morgan fingerprint density at radius 3 is 2.51 bits per heavy atom. The molecular weight excluding hydrogens is 452 g/mol. The fraction of sp³-hybridized carbons (Fsp3) is 0.0667. The third kappa shape index (κ3) is 4.02. The fourth-order valence-corrected chi connectivity index (χ4v) is 4.81. The normalized spacial score (nSPS) is 11.3. The van der Waals surface area contributed by atoms with Crippen molar-refractivity contribution in [2.75, 3.05) is 5.32 Å². The van der Waals surface area contributed by atoms with Gasteiger partial charge in [-0.2, -0.15) is 0 Å². The lowest BCUT2D eigenvalue weighted by Crippen LogP contribution is -2.00. The van der Waals surface area contributed by atoms with E-state index in [4.69, 9.17) is 11.6 Å². The maximum absolute atomic E-state index is 6.49. The lowest BCUT2D eigenvalue weighted by molar-refractivity contribution is 0.967. The number of anilines is 1. The van der Waals surface area contributed by atoms with Crippen LogP contribution in [-0.2, 0) is 13.6 Å². The molecule has 0 unspecified atom stereocenters. The maximum Gasteiger partial charge on any atom is 0.112 e. The molecule has 0 spiro atoms. The number of benzene rings is 4. The Bertz CT molecular complexity index is 1670. The van der Waals surface area contributed by atoms with Crippen molar-refractivity contribution in [2.45, 2.75) is 6.54 Å². The number of aryl methyl sites for hydroxylation is 1. The molecule has 4 nitrogen and oxygen atoms in total. The fourth-order valence-electron chi connectivity index (χ4n) is 4.59. The van der Waals surface area contributed by atoms with E-state index in [1.165, 1.54) is 16.5 Å². The largest absolute Gasteiger partial charge is 0.381 e. The van der Waals surface area contributed by atoms with Crippen LogP contribution >= 0.6 is 11.6 Å². The summed E-state index contributed by atoms with van der Waals surface area (Å²) in [6.07, 6.45) is 2.09. The molecule has 0 aliphatic heterocycles. The molecule has 0 amide bonds. The van der Waals surface area contributed by atoms with Gasteiger partial charge >= 0.3 is 0 Å². The number of rotatable bonds is 5. The van der Waals surface area contributed by atoms with Crippen LogP contribution in [0.5, 0.6) is 0 Å². The Morgan fingerprint density at radius 1 is 0.800 bits per heavy atom. The summed E-state index contributed by atoms with van der Waals surface area (Å²) in [6.45, 7) is 0.733. The molecule has 2 aromatic heterocycles. The van der Waals surface area contributed by atoms with E-state index in [1.807, 2.05) is 30.3 Å². The SMILES string of the molecule is Cn1ccc2ccc(CNc3cccc(-c4c(-c5ccccc5)nnc5c(Cl)cccc45)c3)cc21. The van der Waals surface area contributed by atoms with Crippen LogP contribution in [-0.4, -0.2) is 14.8 Å². The summed E-state index contributed by atoms with van der Waals surface area (Å²) in [4.78, 5) is 0. The van der Waals surface area contributed by atoms with Crippen LogP contribution in [0.25, 0.3) is 44.2 Å². The highest BCUT2D eigenvalue weighted by molar-refractivity contribution is 6.35. The summed E-state index contributed by atoms with van der Waals surface area (Å²) in [7, 11) is 2.08. The third-order valence-electron chi connectivity index (χ3n) is 6.39. The van der Waals surface area contributed by atoms with E-state index in [0.29, 0.717) is 10.5 Å². The summed E-state index contributed by atoms with van der Waals surface area (Å²) in [5.74, 6) is 0. The molecule has 0 radical (unpaired) electrons. The Kier molecular flexibility index (Phi) is 5.44. The van der Waals surface area contributed by atoms with Gasteiger partial charge in [0.2, 0.25) is 0 Å². The molecule has 0 atom stereocenters. The second-order valence-electron chi connectivity index (χ2n) is 8.68. The van der Waals surface area contributed by atoms with E-state index in [0.717, 1.165) is 40.0 Å². The minimum Gasteiger partial charge on any atom is -0.381 e. The Morgan fingerprint density at radius 2 is 1.63 bits per heavy atom. The minimum absolute atomic E-state index is 0.598. The molecule has 0 fully saturated rings. The van der Waals surface area contributed by atoms with Gasteiger partial charge in [-0.3, -0.25) is 0 Å². The first-order valence-electron chi connectivity index (χ1n) is 11.6. The topological polar surface area (TPSA) is 42.7 Å². The molecule has 35 heavy (non-hydrogen) atoms. The van der Waals surface area contributed by atoms with E-state index < -0.39 is 0 Å². The number of halogens is 1. The van der Waals surface area contributed by atoms with Crippen molar-refractivity contribution < 1.29 is 0 Å². The number of fused-ring (bicyclic) bond motifs is 2. The van der Waals surface area contributed by atoms with Crippen LogP contribution in [0.3, 0.4) is 0 Å². The summed E-state index contributed by atoms with van der Waals surface area (Å²) in [5.41, 5.74) is 8.16. The van der Waals surface area contributed by atoms with Crippen molar-refractivity contribution in [1.29, 1.82) is 0 Å². The van der Waals surface area contributed by atoms with Gasteiger partial charge in [0.15, 0.2) is 0 Å². The van der Waals surface area contributed by atoms with Crippen molar-refractivity contribution in [3.63, 3.8) is 0 Å². The van der Waals surface area contributed by atoms with Crippen molar-refractivity contribution in [2.24, 2.45) is 7.05 Å². The molecule has 0 saturated heterocycles. The Balaban J connectivity index is 1.41. The highest BCUT2D eigenvalue weighted by Crippen LogP contribution is 2.38. The minimum atomic E-state index is 0.598. The van der Waals surface area contributed by atoms with Crippen LogP contribution in [0.4, 0.5) is 5.69 Å². The summed E-state index contributed by atoms with van der Waals surface area (Å²) < 4.78 is 2.15. The van der Waals surface area contributed by atoms with Gasteiger partial charge in [-0.25, -0.2) is 0 Å². The van der Waals surface area contributed by atoms with E-state index in [2.05, 4.69) is 100 Å². The molecule has 4 aromatic carbocycles. The molecule has 170 valence electrons. The zero-order valence-electron chi connectivity index (χ0n) is 19.2. The molecule has 0 aliphatic carbocycles. The van der Waals surface area contributed by atoms with Gasteiger partial charge in [0.25, 0.3) is 0 Å². The van der Waals surface area contributed by atoms with Crippen LogP contribution in [0.2, 0.25) is 5.02 Å². The molecule has 0 bridgehead atoms. The number of nitrogens with zero attached hydrogens (tertiary/aromatic N) is 3.